The molecule has 0 amide bonds. The predicted octanol–water partition coefficient (Wildman–Crippen LogP) is 9.06. The van der Waals surface area contributed by atoms with Gasteiger partial charge in [-0.05, 0) is 54.4 Å². The molecule has 0 fully saturated rings. The summed E-state index contributed by atoms with van der Waals surface area (Å²) in [7, 11) is 0. The van der Waals surface area contributed by atoms with Gasteiger partial charge < -0.3 is 0 Å². The standard InChI is InChI=1S/C25H35F3S/c1-19-14-15-22(29-19)24(4,5)17-10-8-6-7-9-16-23(2,3)20-12-11-13-21(18-20)25(26,27)28/h11-15,18H,6-10,16-17H2,1-5H3. The Balaban J connectivity index is 1.72. The van der Waals surface area contributed by atoms with Gasteiger partial charge in [0.25, 0.3) is 0 Å². The molecule has 0 spiro atoms. The van der Waals surface area contributed by atoms with Gasteiger partial charge in [-0.15, -0.1) is 11.3 Å². The second kappa shape index (κ2) is 9.68. The molecule has 29 heavy (non-hydrogen) atoms. The molecule has 1 heterocycles. The minimum atomic E-state index is -4.28. The lowest BCUT2D eigenvalue weighted by Crippen LogP contribution is -2.18. The van der Waals surface area contributed by atoms with E-state index in [1.807, 2.05) is 31.3 Å². The zero-order valence-corrected chi connectivity index (χ0v) is 19.3. The SMILES string of the molecule is Cc1ccc(C(C)(C)CCCCCCCC(C)(C)c2cccc(C(F)(F)F)c2)s1. The molecule has 0 saturated carbocycles. The monoisotopic (exact) mass is 424 g/mol. The smallest absolute Gasteiger partial charge is 0.166 e. The van der Waals surface area contributed by atoms with Crippen molar-refractivity contribution in [1.82, 2.24) is 0 Å². The van der Waals surface area contributed by atoms with Crippen LogP contribution in [0.5, 0.6) is 0 Å². The van der Waals surface area contributed by atoms with E-state index in [0.29, 0.717) is 0 Å². The van der Waals surface area contributed by atoms with Crippen LogP contribution in [0.15, 0.2) is 36.4 Å². The Morgan fingerprint density at radius 3 is 1.83 bits per heavy atom. The first-order chi connectivity index (χ1) is 13.4. The third kappa shape index (κ3) is 7.16. The predicted molar refractivity (Wildman–Crippen MR) is 119 cm³/mol. The molecule has 0 aliphatic carbocycles. The molecule has 0 aliphatic heterocycles. The van der Waals surface area contributed by atoms with Gasteiger partial charge in [-0.1, -0.05) is 78.0 Å². The average Bonchev–Trinajstić information content (AvgIpc) is 3.07. The van der Waals surface area contributed by atoms with Crippen molar-refractivity contribution in [3.05, 3.63) is 57.3 Å². The van der Waals surface area contributed by atoms with Gasteiger partial charge in [0.1, 0.15) is 0 Å². The number of alkyl halides is 3. The molecular weight excluding hydrogens is 389 g/mol. The summed E-state index contributed by atoms with van der Waals surface area (Å²) in [6.07, 6.45) is 3.66. The van der Waals surface area contributed by atoms with Crippen LogP contribution in [0.25, 0.3) is 0 Å². The normalized spacial score (nSPS) is 13.1. The zero-order valence-electron chi connectivity index (χ0n) is 18.5. The summed E-state index contributed by atoms with van der Waals surface area (Å²) in [5.74, 6) is 0. The topological polar surface area (TPSA) is 0 Å². The van der Waals surface area contributed by atoms with Crippen molar-refractivity contribution < 1.29 is 13.2 Å². The molecule has 0 atom stereocenters. The highest BCUT2D eigenvalue weighted by Gasteiger charge is 2.32. The van der Waals surface area contributed by atoms with Crippen LogP contribution in [0.3, 0.4) is 0 Å². The van der Waals surface area contributed by atoms with Crippen LogP contribution in [0.1, 0.15) is 93.5 Å². The zero-order chi connectivity index (χ0) is 21.7. The fraction of sp³-hybridized carbons (Fsp3) is 0.600. The maximum absolute atomic E-state index is 13.0. The summed E-state index contributed by atoms with van der Waals surface area (Å²) in [4.78, 5) is 2.84. The minimum absolute atomic E-state index is 0.236. The van der Waals surface area contributed by atoms with E-state index in [0.717, 1.165) is 30.9 Å². The van der Waals surface area contributed by atoms with E-state index in [1.165, 1.54) is 47.6 Å². The van der Waals surface area contributed by atoms with E-state index < -0.39 is 11.7 Å². The first kappa shape index (κ1) is 24.0. The van der Waals surface area contributed by atoms with Gasteiger partial charge in [0.15, 0.2) is 0 Å². The van der Waals surface area contributed by atoms with Gasteiger partial charge in [0.2, 0.25) is 0 Å². The van der Waals surface area contributed by atoms with Crippen molar-refractivity contribution in [2.45, 2.75) is 96.6 Å². The van der Waals surface area contributed by atoms with Crippen LogP contribution in [-0.4, -0.2) is 0 Å². The van der Waals surface area contributed by atoms with E-state index in [2.05, 4.69) is 32.9 Å². The number of hydrogen-bond acceptors (Lipinski definition) is 1. The first-order valence-electron chi connectivity index (χ1n) is 10.7. The molecule has 0 saturated heterocycles. The highest BCUT2D eigenvalue weighted by molar-refractivity contribution is 7.12. The minimum Gasteiger partial charge on any atom is -0.166 e. The molecule has 1 aromatic carbocycles. The maximum Gasteiger partial charge on any atom is 0.416 e. The van der Waals surface area contributed by atoms with E-state index in [9.17, 15) is 13.2 Å². The number of halogens is 3. The molecule has 2 rings (SSSR count). The number of hydrogen-bond donors (Lipinski definition) is 0. The lowest BCUT2D eigenvalue weighted by molar-refractivity contribution is -0.137. The third-order valence-corrected chi connectivity index (χ3v) is 7.35. The fourth-order valence-corrected chi connectivity index (χ4v) is 4.84. The van der Waals surface area contributed by atoms with E-state index >= 15 is 0 Å². The van der Waals surface area contributed by atoms with Gasteiger partial charge in [0.05, 0.1) is 5.56 Å². The van der Waals surface area contributed by atoms with Crippen LogP contribution in [-0.2, 0) is 17.0 Å². The van der Waals surface area contributed by atoms with E-state index in [-0.39, 0.29) is 10.8 Å². The van der Waals surface area contributed by atoms with Crippen molar-refractivity contribution in [1.29, 1.82) is 0 Å². The Hall–Kier alpha value is -1.29. The highest BCUT2D eigenvalue weighted by Crippen LogP contribution is 2.36. The van der Waals surface area contributed by atoms with Crippen LogP contribution in [0.2, 0.25) is 0 Å². The van der Waals surface area contributed by atoms with Crippen molar-refractivity contribution in [2.75, 3.05) is 0 Å². The molecular formula is C25H35F3S. The average molecular weight is 425 g/mol. The summed E-state index contributed by atoms with van der Waals surface area (Å²) in [6.45, 7) is 10.9. The number of unbranched alkanes of at least 4 members (excludes halogenated alkanes) is 4. The Morgan fingerprint density at radius 2 is 1.28 bits per heavy atom. The molecule has 0 aliphatic rings. The van der Waals surface area contributed by atoms with E-state index in [4.69, 9.17) is 0 Å². The molecule has 4 heteroatoms. The summed E-state index contributed by atoms with van der Waals surface area (Å²) in [5.41, 5.74) is 0.233. The highest BCUT2D eigenvalue weighted by atomic mass is 32.1. The second-order valence-corrected chi connectivity index (χ2v) is 10.8. The molecule has 1 aromatic heterocycles. The van der Waals surface area contributed by atoms with Gasteiger partial charge in [-0.25, -0.2) is 0 Å². The number of rotatable bonds is 10. The van der Waals surface area contributed by atoms with Crippen LogP contribution < -0.4 is 0 Å². The molecule has 0 unspecified atom stereocenters. The summed E-state index contributed by atoms with van der Waals surface area (Å²) in [6, 6.07) is 10.3. The number of aryl methyl sites for hydroxylation is 1. The van der Waals surface area contributed by atoms with Crippen LogP contribution in [0.4, 0.5) is 13.2 Å². The van der Waals surface area contributed by atoms with Crippen molar-refractivity contribution in [2.24, 2.45) is 0 Å². The van der Waals surface area contributed by atoms with Crippen LogP contribution >= 0.6 is 11.3 Å². The Morgan fingerprint density at radius 1 is 0.724 bits per heavy atom. The molecule has 0 N–H and O–H groups in total. The maximum atomic E-state index is 13.0. The Bertz CT molecular complexity index is 768. The largest absolute Gasteiger partial charge is 0.416 e. The van der Waals surface area contributed by atoms with Crippen molar-refractivity contribution >= 4 is 11.3 Å². The molecule has 0 nitrogen and oxygen atoms in total. The lowest BCUT2D eigenvalue weighted by atomic mass is 9.79. The van der Waals surface area contributed by atoms with Gasteiger partial charge >= 0.3 is 6.18 Å². The molecule has 0 radical (unpaired) electrons. The molecule has 0 bridgehead atoms. The summed E-state index contributed by atoms with van der Waals surface area (Å²) < 4.78 is 38.9. The second-order valence-electron chi connectivity index (χ2n) is 9.52. The van der Waals surface area contributed by atoms with Crippen molar-refractivity contribution in [3.63, 3.8) is 0 Å². The van der Waals surface area contributed by atoms with Gasteiger partial charge in [-0.2, -0.15) is 13.2 Å². The number of thiophene rings is 1. The summed E-state index contributed by atoms with van der Waals surface area (Å²) in [5, 5.41) is 0. The number of benzene rings is 1. The quantitative estimate of drug-likeness (QED) is 0.334. The molecule has 2 aromatic rings. The fourth-order valence-electron chi connectivity index (χ4n) is 3.85. The van der Waals surface area contributed by atoms with Crippen molar-refractivity contribution in [3.8, 4) is 0 Å². The Kier molecular flexibility index (Phi) is 8.00. The first-order valence-corrected chi connectivity index (χ1v) is 11.5. The lowest BCUT2D eigenvalue weighted by Gasteiger charge is -2.26. The van der Waals surface area contributed by atoms with Gasteiger partial charge in [-0.3, -0.25) is 0 Å². The van der Waals surface area contributed by atoms with Gasteiger partial charge in [0, 0.05) is 9.75 Å². The Labute approximate surface area is 178 Å². The summed E-state index contributed by atoms with van der Waals surface area (Å²) >= 11 is 1.90. The van der Waals surface area contributed by atoms with Crippen LogP contribution in [0, 0.1) is 6.92 Å². The van der Waals surface area contributed by atoms with E-state index in [1.54, 1.807) is 0 Å². The molecule has 162 valence electrons. The third-order valence-electron chi connectivity index (χ3n) is 5.98.